The number of rotatable bonds is 7. The van der Waals surface area contributed by atoms with Crippen LogP contribution in [0.5, 0.6) is 0 Å². The van der Waals surface area contributed by atoms with Crippen molar-refractivity contribution < 1.29 is 9.18 Å². The van der Waals surface area contributed by atoms with Gasteiger partial charge in [-0.25, -0.2) is 4.39 Å². The van der Waals surface area contributed by atoms with Crippen LogP contribution in [-0.4, -0.2) is 36.7 Å². The number of anilines is 1. The molecule has 0 fully saturated rings. The molecule has 0 aliphatic carbocycles. The number of nitrogens with zero attached hydrogens (tertiary/aromatic N) is 1. The van der Waals surface area contributed by atoms with Crippen molar-refractivity contribution in [1.82, 2.24) is 4.90 Å². The van der Waals surface area contributed by atoms with Gasteiger partial charge in [0.1, 0.15) is 5.82 Å². The summed E-state index contributed by atoms with van der Waals surface area (Å²) in [7, 11) is 1.91. The zero-order valence-electron chi connectivity index (χ0n) is 12.5. The molecular weight excluding hydrogens is 299 g/mol. The van der Waals surface area contributed by atoms with Gasteiger partial charge in [-0.3, -0.25) is 9.69 Å². The van der Waals surface area contributed by atoms with E-state index in [0.29, 0.717) is 6.54 Å². The monoisotopic (exact) mass is 318 g/mol. The van der Waals surface area contributed by atoms with Crippen molar-refractivity contribution >= 4 is 23.4 Å². The summed E-state index contributed by atoms with van der Waals surface area (Å²) in [6, 6.07) is 15.9. The average Bonchev–Trinajstić information content (AvgIpc) is 2.50. The summed E-state index contributed by atoms with van der Waals surface area (Å²) in [5.41, 5.74) is 0.807. The van der Waals surface area contributed by atoms with Crippen LogP contribution in [0.1, 0.15) is 0 Å². The summed E-state index contributed by atoms with van der Waals surface area (Å²) in [4.78, 5) is 14.9. The van der Waals surface area contributed by atoms with Crippen LogP contribution in [0.3, 0.4) is 0 Å². The molecule has 0 heterocycles. The first-order valence-corrected chi connectivity index (χ1v) is 8.04. The molecule has 2 rings (SSSR count). The SMILES string of the molecule is CN(CCSc1ccc(F)cc1)CC(=O)Nc1ccccc1. The summed E-state index contributed by atoms with van der Waals surface area (Å²) in [5, 5.41) is 2.86. The van der Waals surface area contributed by atoms with E-state index < -0.39 is 0 Å². The van der Waals surface area contributed by atoms with Gasteiger partial charge in [-0.2, -0.15) is 0 Å². The fourth-order valence-electron chi connectivity index (χ4n) is 1.90. The maximum Gasteiger partial charge on any atom is 0.238 e. The van der Waals surface area contributed by atoms with Gasteiger partial charge < -0.3 is 5.32 Å². The predicted octanol–water partition coefficient (Wildman–Crippen LogP) is 3.49. The summed E-state index contributed by atoms with van der Waals surface area (Å²) in [5.74, 6) is 0.598. The topological polar surface area (TPSA) is 32.3 Å². The van der Waals surface area contributed by atoms with E-state index in [1.807, 2.05) is 42.3 Å². The lowest BCUT2D eigenvalue weighted by atomic mass is 10.3. The number of likely N-dealkylation sites (N-methyl/N-ethyl adjacent to an activating group) is 1. The first-order chi connectivity index (χ1) is 10.6. The highest BCUT2D eigenvalue weighted by atomic mass is 32.2. The second kappa shape index (κ2) is 8.56. The molecule has 0 bridgehead atoms. The van der Waals surface area contributed by atoms with Crippen LogP contribution in [-0.2, 0) is 4.79 Å². The smallest absolute Gasteiger partial charge is 0.238 e. The molecule has 2 aromatic carbocycles. The minimum absolute atomic E-state index is 0.0273. The lowest BCUT2D eigenvalue weighted by Crippen LogP contribution is -2.31. The van der Waals surface area contributed by atoms with Crippen LogP contribution in [0.25, 0.3) is 0 Å². The van der Waals surface area contributed by atoms with Gasteiger partial charge >= 0.3 is 0 Å². The van der Waals surface area contributed by atoms with Gasteiger partial charge in [0.2, 0.25) is 5.91 Å². The first-order valence-electron chi connectivity index (χ1n) is 7.05. The van der Waals surface area contributed by atoms with Gasteiger partial charge in [0.25, 0.3) is 0 Å². The van der Waals surface area contributed by atoms with Crippen molar-refractivity contribution in [2.24, 2.45) is 0 Å². The van der Waals surface area contributed by atoms with E-state index in [9.17, 15) is 9.18 Å². The quantitative estimate of drug-likeness (QED) is 0.793. The average molecular weight is 318 g/mol. The number of carbonyl (C=O) groups is 1. The fourth-order valence-corrected chi connectivity index (χ4v) is 2.86. The van der Waals surface area contributed by atoms with Gasteiger partial charge in [-0.1, -0.05) is 18.2 Å². The summed E-state index contributed by atoms with van der Waals surface area (Å²) >= 11 is 1.65. The Morgan fingerprint density at radius 2 is 1.82 bits per heavy atom. The van der Waals surface area contributed by atoms with Crippen molar-refractivity contribution in [2.75, 3.05) is 31.2 Å². The Morgan fingerprint density at radius 1 is 1.14 bits per heavy atom. The predicted molar refractivity (Wildman–Crippen MR) is 89.7 cm³/mol. The molecule has 0 aromatic heterocycles. The molecule has 0 atom stereocenters. The Balaban J connectivity index is 1.68. The molecule has 0 saturated carbocycles. The molecule has 0 aliphatic rings. The minimum atomic E-state index is -0.223. The Hall–Kier alpha value is -1.85. The molecule has 3 nitrogen and oxygen atoms in total. The molecule has 22 heavy (non-hydrogen) atoms. The van der Waals surface area contributed by atoms with E-state index in [1.54, 1.807) is 23.9 Å². The number of halogens is 1. The number of hydrogen-bond donors (Lipinski definition) is 1. The van der Waals surface area contributed by atoms with Gasteiger partial charge in [-0.15, -0.1) is 11.8 Å². The normalized spacial score (nSPS) is 10.7. The molecule has 0 saturated heterocycles. The Kier molecular flexibility index (Phi) is 6.43. The number of thioether (sulfide) groups is 1. The van der Waals surface area contributed by atoms with Gasteiger partial charge in [-0.05, 0) is 43.4 Å². The molecular formula is C17H19FN2OS. The summed E-state index contributed by atoms with van der Waals surface area (Å²) in [6.07, 6.45) is 0. The van der Waals surface area contributed by atoms with Crippen molar-refractivity contribution in [3.05, 3.63) is 60.4 Å². The molecule has 0 aliphatic heterocycles. The molecule has 0 spiro atoms. The van der Waals surface area contributed by atoms with Crippen LogP contribution in [0.2, 0.25) is 0 Å². The maximum atomic E-state index is 12.8. The zero-order valence-corrected chi connectivity index (χ0v) is 13.3. The van der Waals surface area contributed by atoms with Crippen molar-refractivity contribution in [3.8, 4) is 0 Å². The Bertz CT molecular complexity index is 589. The first kappa shape index (κ1) is 16.5. The Labute approximate surface area is 134 Å². The van der Waals surface area contributed by atoms with Crippen LogP contribution in [0.15, 0.2) is 59.5 Å². The highest BCUT2D eigenvalue weighted by Gasteiger charge is 2.06. The number of carbonyl (C=O) groups excluding carboxylic acids is 1. The lowest BCUT2D eigenvalue weighted by molar-refractivity contribution is -0.117. The summed E-state index contributed by atoms with van der Waals surface area (Å²) in [6.45, 7) is 1.13. The van der Waals surface area contributed by atoms with Crippen molar-refractivity contribution in [3.63, 3.8) is 0 Å². The number of benzene rings is 2. The second-order valence-corrected chi connectivity index (χ2v) is 6.12. The van der Waals surface area contributed by atoms with Crippen LogP contribution in [0.4, 0.5) is 10.1 Å². The largest absolute Gasteiger partial charge is 0.325 e. The number of nitrogens with one attached hydrogen (secondary N) is 1. The number of hydrogen-bond acceptors (Lipinski definition) is 3. The van der Waals surface area contributed by atoms with E-state index in [2.05, 4.69) is 5.32 Å². The summed E-state index contributed by atoms with van der Waals surface area (Å²) < 4.78 is 12.8. The third kappa shape index (κ3) is 5.87. The van der Waals surface area contributed by atoms with Gasteiger partial charge in [0.15, 0.2) is 0 Å². The number of para-hydroxylation sites is 1. The molecule has 5 heteroatoms. The van der Waals surface area contributed by atoms with E-state index >= 15 is 0 Å². The third-order valence-corrected chi connectivity index (χ3v) is 4.02. The van der Waals surface area contributed by atoms with Crippen LogP contribution < -0.4 is 5.32 Å². The van der Waals surface area contributed by atoms with Gasteiger partial charge in [0, 0.05) is 22.9 Å². The fraction of sp³-hybridized carbons (Fsp3) is 0.235. The van der Waals surface area contributed by atoms with Crippen LogP contribution >= 0.6 is 11.8 Å². The maximum absolute atomic E-state index is 12.8. The molecule has 1 N–H and O–H groups in total. The van der Waals surface area contributed by atoms with Gasteiger partial charge in [0.05, 0.1) is 6.54 Å². The van der Waals surface area contributed by atoms with E-state index in [0.717, 1.165) is 22.9 Å². The van der Waals surface area contributed by atoms with E-state index in [4.69, 9.17) is 0 Å². The Morgan fingerprint density at radius 3 is 2.50 bits per heavy atom. The van der Waals surface area contributed by atoms with Crippen molar-refractivity contribution in [2.45, 2.75) is 4.90 Å². The second-order valence-electron chi connectivity index (χ2n) is 4.95. The molecule has 1 amide bonds. The molecule has 116 valence electrons. The minimum Gasteiger partial charge on any atom is -0.325 e. The van der Waals surface area contributed by atoms with Crippen molar-refractivity contribution in [1.29, 1.82) is 0 Å². The molecule has 0 radical (unpaired) electrons. The highest BCUT2D eigenvalue weighted by Crippen LogP contribution is 2.17. The highest BCUT2D eigenvalue weighted by molar-refractivity contribution is 7.99. The third-order valence-electron chi connectivity index (χ3n) is 3.03. The van der Waals surface area contributed by atoms with Crippen LogP contribution in [0, 0.1) is 5.82 Å². The van der Waals surface area contributed by atoms with E-state index in [-0.39, 0.29) is 11.7 Å². The molecule has 0 unspecified atom stereocenters. The zero-order chi connectivity index (χ0) is 15.8. The number of amides is 1. The van der Waals surface area contributed by atoms with E-state index in [1.165, 1.54) is 12.1 Å². The molecule has 2 aromatic rings. The lowest BCUT2D eigenvalue weighted by Gasteiger charge is -2.16. The standard InChI is InChI=1S/C17H19FN2OS/c1-20(11-12-22-16-9-7-14(18)8-10-16)13-17(21)19-15-5-3-2-4-6-15/h2-10H,11-13H2,1H3,(H,19,21).